The van der Waals surface area contributed by atoms with E-state index in [-0.39, 0.29) is 6.03 Å². The van der Waals surface area contributed by atoms with Crippen molar-refractivity contribution < 1.29 is 4.79 Å². The molecule has 132 valence electrons. The highest BCUT2D eigenvalue weighted by molar-refractivity contribution is 7.09. The molecule has 0 bridgehead atoms. The number of hydrogen-bond acceptors (Lipinski definition) is 3. The SMILES string of the molecule is O=C(NC1CCN(Cc2cccs2)CC1)N1CCc2ccccc2C1. The molecule has 1 aromatic heterocycles. The highest BCUT2D eigenvalue weighted by atomic mass is 32.1. The predicted molar refractivity (Wildman–Crippen MR) is 102 cm³/mol. The minimum absolute atomic E-state index is 0.103. The van der Waals surface area contributed by atoms with E-state index in [2.05, 4.69) is 52.0 Å². The molecule has 2 aromatic rings. The van der Waals surface area contributed by atoms with Crippen LogP contribution in [0.2, 0.25) is 0 Å². The Hall–Kier alpha value is -1.85. The number of carbonyl (C=O) groups excluding carboxylic acids is 1. The molecule has 5 heteroatoms. The Morgan fingerprint density at radius 2 is 1.88 bits per heavy atom. The molecule has 1 N–H and O–H groups in total. The minimum atomic E-state index is 0.103. The maximum atomic E-state index is 12.6. The number of nitrogens with zero attached hydrogens (tertiary/aromatic N) is 2. The summed E-state index contributed by atoms with van der Waals surface area (Å²) in [7, 11) is 0. The maximum absolute atomic E-state index is 12.6. The smallest absolute Gasteiger partial charge is 0.317 e. The van der Waals surface area contributed by atoms with Gasteiger partial charge in [-0.15, -0.1) is 11.3 Å². The molecule has 0 aliphatic carbocycles. The van der Waals surface area contributed by atoms with Crippen molar-refractivity contribution in [1.82, 2.24) is 15.1 Å². The van der Waals surface area contributed by atoms with E-state index >= 15 is 0 Å². The molecule has 1 fully saturated rings. The maximum Gasteiger partial charge on any atom is 0.317 e. The Morgan fingerprint density at radius 3 is 2.64 bits per heavy atom. The topological polar surface area (TPSA) is 35.6 Å². The number of piperidine rings is 1. The molecule has 1 saturated heterocycles. The highest BCUT2D eigenvalue weighted by Crippen LogP contribution is 2.20. The van der Waals surface area contributed by atoms with Gasteiger partial charge in [0, 0.05) is 43.6 Å². The zero-order chi connectivity index (χ0) is 17.1. The number of fused-ring (bicyclic) bond motifs is 1. The summed E-state index contributed by atoms with van der Waals surface area (Å²) in [5.41, 5.74) is 2.67. The van der Waals surface area contributed by atoms with Gasteiger partial charge in [0.25, 0.3) is 0 Å². The fraction of sp³-hybridized carbons (Fsp3) is 0.450. The molecule has 0 unspecified atom stereocenters. The number of likely N-dealkylation sites (tertiary alicyclic amines) is 1. The molecule has 0 spiro atoms. The van der Waals surface area contributed by atoms with E-state index in [1.807, 2.05) is 16.2 Å². The van der Waals surface area contributed by atoms with Crippen LogP contribution in [-0.4, -0.2) is 41.5 Å². The number of nitrogens with one attached hydrogen (secondary N) is 1. The molecule has 1 aromatic carbocycles. The van der Waals surface area contributed by atoms with E-state index in [0.29, 0.717) is 6.04 Å². The van der Waals surface area contributed by atoms with Crippen LogP contribution < -0.4 is 5.32 Å². The quantitative estimate of drug-likeness (QED) is 0.915. The average Bonchev–Trinajstić information content (AvgIpc) is 3.16. The van der Waals surface area contributed by atoms with Crippen molar-refractivity contribution in [2.45, 2.75) is 38.4 Å². The molecule has 3 heterocycles. The largest absolute Gasteiger partial charge is 0.335 e. The number of urea groups is 1. The second-order valence-electron chi connectivity index (χ2n) is 7.02. The van der Waals surface area contributed by atoms with Crippen LogP contribution >= 0.6 is 11.3 Å². The third-order valence-electron chi connectivity index (χ3n) is 5.29. The van der Waals surface area contributed by atoms with Gasteiger partial charge in [-0.2, -0.15) is 0 Å². The monoisotopic (exact) mass is 355 g/mol. The molecule has 0 radical (unpaired) electrons. The van der Waals surface area contributed by atoms with Crippen molar-refractivity contribution in [3.8, 4) is 0 Å². The van der Waals surface area contributed by atoms with Gasteiger partial charge in [-0.3, -0.25) is 4.90 Å². The van der Waals surface area contributed by atoms with Gasteiger partial charge < -0.3 is 10.2 Å². The number of hydrogen-bond donors (Lipinski definition) is 1. The van der Waals surface area contributed by atoms with E-state index in [9.17, 15) is 4.79 Å². The Labute approximate surface area is 153 Å². The van der Waals surface area contributed by atoms with Gasteiger partial charge in [-0.05, 0) is 41.8 Å². The minimum Gasteiger partial charge on any atom is -0.335 e. The lowest BCUT2D eigenvalue weighted by atomic mass is 10.00. The van der Waals surface area contributed by atoms with Gasteiger partial charge in [0.05, 0.1) is 0 Å². The molecule has 2 amide bonds. The van der Waals surface area contributed by atoms with Gasteiger partial charge in [0.2, 0.25) is 0 Å². The summed E-state index contributed by atoms with van der Waals surface area (Å²) in [4.78, 5) is 18.5. The van der Waals surface area contributed by atoms with E-state index in [0.717, 1.165) is 52.0 Å². The van der Waals surface area contributed by atoms with Crippen molar-refractivity contribution in [1.29, 1.82) is 0 Å². The van der Waals surface area contributed by atoms with Crippen molar-refractivity contribution in [3.63, 3.8) is 0 Å². The van der Waals surface area contributed by atoms with Crippen LogP contribution in [-0.2, 0) is 19.5 Å². The first-order valence-electron chi connectivity index (χ1n) is 9.15. The zero-order valence-electron chi connectivity index (χ0n) is 14.5. The highest BCUT2D eigenvalue weighted by Gasteiger charge is 2.25. The van der Waals surface area contributed by atoms with Crippen LogP contribution in [0.4, 0.5) is 4.79 Å². The second kappa shape index (κ2) is 7.58. The predicted octanol–water partition coefficient (Wildman–Crippen LogP) is 3.48. The summed E-state index contributed by atoms with van der Waals surface area (Å²) >= 11 is 1.82. The number of benzene rings is 1. The second-order valence-corrected chi connectivity index (χ2v) is 8.05. The standard InChI is InChI=1S/C20H25N3OS/c24-20(23-12-7-16-4-1-2-5-17(16)14-23)21-18-8-10-22(11-9-18)15-19-6-3-13-25-19/h1-6,13,18H,7-12,14-15H2,(H,21,24). The summed E-state index contributed by atoms with van der Waals surface area (Å²) in [5.74, 6) is 0. The third kappa shape index (κ3) is 4.05. The van der Waals surface area contributed by atoms with Crippen molar-refractivity contribution in [2.75, 3.05) is 19.6 Å². The first kappa shape index (κ1) is 16.6. The molecular weight excluding hydrogens is 330 g/mol. The normalized spacial score (nSPS) is 18.8. The molecule has 0 atom stereocenters. The van der Waals surface area contributed by atoms with E-state index in [1.165, 1.54) is 16.0 Å². The van der Waals surface area contributed by atoms with Gasteiger partial charge >= 0.3 is 6.03 Å². The fourth-order valence-electron chi connectivity index (χ4n) is 3.79. The van der Waals surface area contributed by atoms with Gasteiger partial charge in [-0.25, -0.2) is 4.79 Å². The average molecular weight is 356 g/mol. The Bertz CT molecular complexity index is 707. The first-order valence-corrected chi connectivity index (χ1v) is 10.0. The Kier molecular flexibility index (Phi) is 5.04. The third-order valence-corrected chi connectivity index (χ3v) is 6.15. The van der Waals surface area contributed by atoms with Crippen LogP contribution in [0.5, 0.6) is 0 Å². The fourth-order valence-corrected chi connectivity index (χ4v) is 4.54. The molecule has 2 aliphatic rings. The zero-order valence-corrected chi connectivity index (χ0v) is 15.3. The van der Waals surface area contributed by atoms with E-state index in [1.54, 1.807) is 0 Å². The summed E-state index contributed by atoms with van der Waals surface area (Å²) in [6.07, 6.45) is 3.05. The number of thiophene rings is 1. The van der Waals surface area contributed by atoms with Gasteiger partial charge in [-0.1, -0.05) is 30.3 Å². The lowest BCUT2D eigenvalue weighted by Gasteiger charge is -2.34. The lowest BCUT2D eigenvalue weighted by molar-refractivity contribution is 0.166. The van der Waals surface area contributed by atoms with Crippen molar-refractivity contribution in [2.24, 2.45) is 0 Å². The van der Waals surface area contributed by atoms with Crippen LogP contribution in [0.1, 0.15) is 28.8 Å². The van der Waals surface area contributed by atoms with E-state index < -0.39 is 0 Å². The number of amides is 2. The summed E-state index contributed by atoms with van der Waals surface area (Å²) in [6.45, 7) is 4.72. The van der Waals surface area contributed by atoms with Gasteiger partial charge in [0.1, 0.15) is 0 Å². The molecule has 2 aliphatic heterocycles. The molecular formula is C20H25N3OS. The lowest BCUT2D eigenvalue weighted by Crippen LogP contribution is -2.50. The summed E-state index contributed by atoms with van der Waals surface area (Å²) < 4.78 is 0. The van der Waals surface area contributed by atoms with Crippen LogP contribution in [0.3, 0.4) is 0 Å². The Balaban J connectivity index is 1.25. The van der Waals surface area contributed by atoms with Crippen LogP contribution in [0.25, 0.3) is 0 Å². The van der Waals surface area contributed by atoms with Crippen LogP contribution in [0.15, 0.2) is 41.8 Å². The van der Waals surface area contributed by atoms with Crippen molar-refractivity contribution in [3.05, 3.63) is 57.8 Å². The summed E-state index contributed by atoms with van der Waals surface area (Å²) in [6, 6.07) is 13.2. The first-order chi connectivity index (χ1) is 12.3. The van der Waals surface area contributed by atoms with Crippen molar-refractivity contribution >= 4 is 17.4 Å². The van der Waals surface area contributed by atoms with E-state index in [4.69, 9.17) is 0 Å². The Morgan fingerprint density at radius 1 is 1.08 bits per heavy atom. The van der Waals surface area contributed by atoms with Gasteiger partial charge in [0.15, 0.2) is 0 Å². The molecule has 25 heavy (non-hydrogen) atoms. The van der Waals surface area contributed by atoms with Crippen LogP contribution in [0, 0.1) is 0 Å². The molecule has 4 rings (SSSR count). The summed E-state index contributed by atoms with van der Waals surface area (Å²) in [5, 5.41) is 5.40. The molecule has 0 saturated carbocycles. The number of rotatable bonds is 3. The molecule has 4 nitrogen and oxygen atoms in total. The number of carbonyl (C=O) groups is 1.